The molecular formula is C13H17Cl2N3O. The lowest BCUT2D eigenvalue weighted by atomic mass is 10.2. The van der Waals surface area contributed by atoms with Crippen LogP contribution in [0, 0.1) is 0 Å². The molecular weight excluding hydrogens is 285 g/mol. The molecule has 1 unspecified atom stereocenters. The fourth-order valence-corrected chi connectivity index (χ4v) is 2.75. The summed E-state index contributed by atoms with van der Waals surface area (Å²) in [5, 5.41) is 0.640. The highest BCUT2D eigenvalue weighted by atomic mass is 35.5. The number of pyridine rings is 1. The van der Waals surface area contributed by atoms with Crippen LogP contribution in [0.2, 0.25) is 10.2 Å². The van der Waals surface area contributed by atoms with Gasteiger partial charge in [-0.25, -0.2) is 4.98 Å². The van der Waals surface area contributed by atoms with Gasteiger partial charge in [0.15, 0.2) is 0 Å². The third-order valence-corrected chi connectivity index (χ3v) is 3.74. The summed E-state index contributed by atoms with van der Waals surface area (Å²) < 4.78 is 0. The van der Waals surface area contributed by atoms with Crippen molar-refractivity contribution in [3.63, 3.8) is 0 Å². The van der Waals surface area contributed by atoms with Crippen LogP contribution >= 0.6 is 23.2 Å². The first-order chi connectivity index (χ1) is 8.99. The van der Waals surface area contributed by atoms with Gasteiger partial charge in [0.05, 0.1) is 5.02 Å². The molecule has 1 fully saturated rings. The zero-order valence-corrected chi connectivity index (χ0v) is 12.6. The van der Waals surface area contributed by atoms with Crippen LogP contribution in [0.5, 0.6) is 0 Å². The number of hydrogen-bond acceptors (Lipinski definition) is 3. The van der Waals surface area contributed by atoms with Crippen molar-refractivity contribution >= 4 is 29.1 Å². The van der Waals surface area contributed by atoms with E-state index in [0.29, 0.717) is 5.02 Å². The predicted molar refractivity (Wildman–Crippen MR) is 76.9 cm³/mol. The minimum absolute atomic E-state index is 0.128. The van der Waals surface area contributed by atoms with E-state index >= 15 is 0 Å². The molecule has 2 heterocycles. The van der Waals surface area contributed by atoms with Crippen LogP contribution in [0.1, 0.15) is 23.3 Å². The molecule has 1 saturated heterocycles. The quantitative estimate of drug-likeness (QED) is 0.805. The van der Waals surface area contributed by atoms with E-state index in [9.17, 15) is 4.79 Å². The third-order valence-electron chi connectivity index (χ3n) is 3.23. The third kappa shape index (κ3) is 3.38. The average Bonchev–Trinajstić information content (AvgIpc) is 2.78. The highest BCUT2D eigenvalue weighted by Gasteiger charge is 2.31. The van der Waals surface area contributed by atoms with Crippen molar-refractivity contribution in [2.75, 3.05) is 27.2 Å². The molecule has 0 bridgehead atoms. The lowest BCUT2D eigenvalue weighted by Crippen LogP contribution is -2.41. The number of hydrogen-bond donors (Lipinski definition) is 0. The number of rotatable bonds is 3. The molecule has 1 atom stereocenters. The fraction of sp³-hybridized carbons (Fsp3) is 0.538. The molecule has 2 rings (SSSR count). The number of likely N-dealkylation sites (tertiary alicyclic amines) is 1. The van der Waals surface area contributed by atoms with Crippen molar-refractivity contribution in [2.45, 2.75) is 18.9 Å². The molecule has 4 nitrogen and oxygen atoms in total. The van der Waals surface area contributed by atoms with E-state index in [-0.39, 0.29) is 22.8 Å². The largest absolute Gasteiger partial charge is 0.333 e. The second-order valence-electron chi connectivity index (χ2n) is 5.02. The second kappa shape index (κ2) is 6.07. The maximum absolute atomic E-state index is 12.5. The Balaban J connectivity index is 2.20. The Morgan fingerprint density at radius 2 is 2.21 bits per heavy atom. The molecule has 0 radical (unpaired) electrons. The summed E-state index contributed by atoms with van der Waals surface area (Å²) >= 11 is 11.9. The van der Waals surface area contributed by atoms with Crippen molar-refractivity contribution in [2.24, 2.45) is 0 Å². The molecule has 19 heavy (non-hydrogen) atoms. The van der Waals surface area contributed by atoms with Gasteiger partial charge in [-0.1, -0.05) is 23.2 Å². The molecule has 1 aliphatic rings. The summed E-state index contributed by atoms with van der Waals surface area (Å²) in [7, 11) is 4.01. The van der Waals surface area contributed by atoms with Gasteiger partial charge in [0.1, 0.15) is 10.8 Å². The summed E-state index contributed by atoms with van der Waals surface area (Å²) in [6.07, 6.45) is 2.03. The van der Waals surface area contributed by atoms with E-state index in [1.165, 1.54) is 0 Å². The fourth-order valence-electron chi connectivity index (χ4n) is 2.42. The van der Waals surface area contributed by atoms with E-state index in [0.717, 1.165) is 25.9 Å². The van der Waals surface area contributed by atoms with Crippen LogP contribution in [0.15, 0.2) is 12.1 Å². The van der Waals surface area contributed by atoms with Gasteiger partial charge in [-0.15, -0.1) is 0 Å². The smallest absolute Gasteiger partial charge is 0.274 e. The SMILES string of the molecule is CN(C)CC1CCCN1C(=O)c1nc(Cl)ccc1Cl. The van der Waals surface area contributed by atoms with Gasteiger partial charge in [-0.2, -0.15) is 0 Å². The standard InChI is InChI=1S/C13H17Cl2N3O/c1-17(2)8-9-4-3-7-18(9)13(19)12-10(14)5-6-11(15)16-12/h5-6,9H,3-4,7-8H2,1-2H3. The highest BCUT2D eigenvalue weighted by molar-refractivity contribution is 6.34. The molecule has 1 amide bonds. The number of carbonyl (C=O) groups excluding carboxylic acids is 1. The van der Waals surface area contributed by atoms with Crippen LogP contribution in [0.25, 0.3) is 0 Å². The maximum atomic E-state index is 12.5. The number of likely N-dealkylation sites (N-methyl/N-ethyl adjacent to an activating group) is 1. The first kappa shape index (κ1) is 14.6. The van der Waals surface area contributed by atoms with Gasteiger partial charge >= 0.3 is 0 Å². The van der Waals surface area contributed by atoms with Crippen LogP contribution in [-0.4, -0.2) is 53.9 Å². The van der Waals surface area contributed by atoms with Crippen molar-refractivity contribution < 1.29 is 4.79 Å². The summed E-state index contributed by atoms with van der Waals surface area (Å²) in [6, 6.07) is 3.42. The molecule has 1 aliphatic heterocycles. The topological polar surface area (TPSA) is 36.4 Å². The molecule has 0 aromatic carbocycles. The van der Waals surface area contributed by atoms with Crippen molar-refractivity contribution in [1.82, 2.24) is 14.8 Å². The van der Waals surface area contributed by atoms with Crippen LogP contribution in [0.3, 0.4) is 0 Å². The molecule has 104 valence electrons. The Morgan fingerprint density at radius 1 is 1.47 bits per heavy atom. The van der Waals surface area contributed by atoms with E-state index in [2.05, 4.69) is 9.88 Å². The lowest BCUT2D eigenvalue weighted by Gasteiger charge is -2.27. The zero-order chi connectivity index (χ0) is 14.0. The highest BCUT2D eigenvalue weighted by Crippen LogP contribution is 2.24. The van der Waals surface area contributed by atoms with Gasteiger partial charge < -0.3 is 9.80 Å². The lowest BCUT2D eigenvalue weighted by molar-refractivity contribution is 0.0710. The van der Waals surface area contributed by atoms with E-state index in [4.69, 9.17) is 23.2 Å². The normalized spacial score (nSPS) is 19.2. The monoisotopic (exact) mass is 301 g/mol. The summed E-state index contributed by atoms with van der Waals surface area (Å²) in [5.74, 6) is -0.128. The molecule has 6 heteroatoms. The molecule has 1 aromatic rings. The molecule has 0 N–H and O–H groups in total. The molecule has 0 spiro atoms. The molecule has 1 aromatic heterocycles. The van der Waals surface area contributed by atoms with E-state index in [1.54, 1.807) is 12.1 Å². The Labute approximate surface area is 123 Å². The van der Waals surface area contributed by atoms with Gasteiger partial charge in [0, 0.05) is 19.1 Å². The molecule has 0 aliphatic carbocycles. The van der Waals surface area contributed by atoms with Gasteiger partial charge in [-0.3, -0.25) is 4.79 Å². The van der Waals surface area contributed by atoms with Crippen molar-refractivity contribution in [1.29, 1.82) is 0 Å². The van der Waals surface area contributed by atoms with E-state index in [1.807, 2.05) is 19.0 Å². The Hall–Kier alpha value is -0.840. The number of nitrogens with zero attached hydrogens (tertiary/aromatic N) is 3. The van der Waals surface area contributed by atoms with Crippen molar-refractivity contribution in [3.8, 4) is 0 Å². The second-order valence-corrected chi connectivity index (χ2v) is 5.82. The average molecular weight is 302 g/mol. The first-order valence-corrected chi connectivity index (χ1v) is 7.02. The summed E-state index contributed by atoms with van der Waals surface area (Å²) in [5.41, 5.74) is 0.250. The summed E-state index contributed by atoms with van der Waals surface area (Å²) in [6.45, 7) is 1.60. The Kier molecular flexibility index (Phi) is 4.66. The minimum atomic E-state index is -0.128. The van der Waals surface area contributed by atoms with Gasteiger partial charge in [0.2, 0.25) is 0 Å². The van der Waals surface area contributed by atoms with Crippen LogP contribution < -0.4 is 0 Å². The number of halogens is 2. The zero-order valence-electron chi connectivity index (χ0n) is 11.1. The minimum Gasteiger partial charge on any atom is -0.333 e. The number of amides is 1. The summed E-state index contributed by atoms with van der Waals surface area (Å²) in [4.78, 5) is 20.5. The maximum Gasteiger partial charge on any atom is 0.274 e. The first-order valence-electron chi connectivity index (χ1n) is 6.27. The predicted octanol–water partition coefficient (Wildman–Crippen LogP) is 2.55. The van der Waals surface area contributed by atoms with E-state index < -0.39 is 0 Å². The number of carbonyl (C=O) groups is 1. The van der Waals surface area contributed by atoms with Crippen molar-refractivity contribution in [3.05, 3.63) is 28.0 Å². The van der Waals surface area contributed by atoms with Crippen LogP contribution in [0.4, 0.5) is 0 Å². The van der Waals surface area contributed by atoms with Gasteiger partial charge in [-0.05, 0) is 39.1 Å². The number of aromatic nitrogens is 1. The van der Waals surface area contributed by atoms with Gasteiger partial charge in [0.25, 0.3) is 5.91 Å². The molecule has 0 saturated carbocycles. The Bertz CT molecular complexity index is 479. The Morgan fingerprint density at radius 3 is 2.89 bits per heavy atom. The van der Waals surface area contributed by atoms with Crippen LogP contribution in [-0.2, 0) is 0 Å².